The lowest BCUT2D eigenvalue weighted by atomic mass is 10.1. The summed E-state index contributed by atoms with van der Waals surface area (Å²) in [6.45, 7) is 6.23. The largest absolute Gasteiger partial charge is 0.353 e. The van der Waals surface area contributed by atoms with E-state index in [4.69, 9.17) is 0 Å². The summed E-state index contributed by atoms with van der Waals surface area (Å²) < 4.78 is 13.5. The van der Waals surface area contributed by atoms with Gasteiger partial charge < -0.3 is 15.5 Å². The number of hydrazine groups is 1. The number of carbonyl (C=O) groups is 2. The second-order valence-corrected chi connectivity index (χ2v) is 11.3. The summed E-state index contributed by atoms with van der Waals surface area (Å²) in [6, 6.07) is 21.9. The summed E-state index contributed by atoms with van der Waals surface area (Å²) >= 11 is 1.38. The maximum absolute atomic E-state index is 13.6. The molecule has 2 N–H and O–H groups in total. The van der Waals surface area contributed by atoms with Gasteiger partial charge in [-0.05, 0) is 53.6 Å². The van der Waals surface area contributed by atoms with Gasteiger partial charge in [0.15, 0.2) is 0 Å². The van der Waals surface area contributed by atoms with E-state index in [9.17, 15) is 19.2 Å². The van der Waals surface area contributed by atoms with E-state index >= 15 is 0 Å². The van der Waals surface area contributed by atoms with Crippen LogP contribution >= 0.6 is 11.8 Å². The topological polar surface area (TPSA) is 91.7 Å². The summed E-state index contributed by atoms with van der Waals surface area (Å²) in [7, 11) is 1.74. The number of nitrogens with zero attached hydrogens (tertiary/aromatic N) is 4. The Morgan fingerprint density at radius 3 is 2.34 bits per heavy atom. The molecule has 2 amide bonds. The first kappa shape index (κ1) is 30.1. The molecule has 41 heavy (non-hydrogen) atoms. The molecule has 10 heteroatoms. The summed E-state index contributed by atoms with van der Waals surface area (Å²) in [5, 5.41) is 19.4. The van der Waals surface area contributed by atoms with Crippen LogP contribution in [-0.4, -0.2) is 61.1 Å². The van der Waals surface area contributed by atoms with Crippen molar-refractivity contribution in [3.8, 4) is 6.07 Å². The van der Waals surface area contributed by atoms with Gasteiger partial charge in [-0.15, -0.1) is 0 Å². The van der Waals surface area contributed by atoms with Crippen LogP contribution in [0, 0.1) is 17.1 Å². The van der Waals surface area contributed by atoms with E-state index in [1.165, 1.54) is 35.0 Å². The Morgan fingerprint density at radius 1 is 1.02 bits per heavy atom. The highest BCUT2D eigenvalue weighted by atomic mass is 32.2. The maximum Gasteiger partial charge on any atom is 0.256 e. The van der Waals surface area contributed by atoms with Crippen molar-refractivity contribution >= 4 is 29.3 Å². The first-order valence-corrected chi connectivity index (χ1v) is 14.4. The quantitative estimate of drug-likeness (QED) is 0.314. The minimum Gasteiger partial charge on any atom is -0.353 e. The van der Waals surface area contributed by atoms with E-state index in [1.54, 1.807) is 47.3 Å². The minimum absolute atomic E-state index is 0.0760. The third kappa shape index (κ3) is 8.30. The summed E-state index contributed by atoms with van der Waals surface area (Å²) in [5.41, 5.74) is 3.35. The predicted molar refractivity (Wildman–Crippen MR) is 159 cm³/mol. The Kier molecular flexibility index (Phi) is 10.4. The van der Waals surface area contributed by atoms with Gasteiger partial charge in [0, 0.05) is 49.1 Å². The second kappa shape index (κ2) is 14.1. The normalized spacial score (nSPS) is 12.6. The van der Waals surface area contributed by atoms with Gasteiger partial charge in [-0.2, -0.15) is 5.26 Å². The number of rotatable bonds is 12. The second-order valence-electron chi connectivity index (χ2n) is 10.2. The van der Waals surface area contributed by atoms with E-state index in [1.807, 2.05) is 31.0 Å². The molecule has 214 valence electrons. The zero-order chi connectivity index (χ0) is 29.4. The molecule has 0 fully saturated rings. The van der Waals surface area contributed by atoms with Crippen molar-refractivity contribution in [1.29, 1.82) is 5.26 Å². The number of nitrogens with one attached hydrogen (secondary N) is 2. The number of amides is 2. The van der Waals surface area contributed by atoms with E-state index in [-0.39, 0.29) is 30.7 Å². The molecule has 3 aromatic rings. The molecule has 0 aliphatic carbocycles. The average Bonchev–Trinajstić information content (AvgIpc) is 3.40. The molecule has 0 spiro atoms. The van der Waals surface area contributed by atoms with Crippen LogP contribution in [0.5, 0.6) is 0 Å². The van der Waals surface area contributed by atoms with Crippen LogP contribution in [0.3, 0.4) is 0 Å². The number of carbonyl (C=O) groups excluding carboxylic acids is 2. The smallest absolute Gasteiger partial charge is 0.256 e. The van der Waals surface area contributed by atoms with Crippen LogP contribution < -0.4 is 15.5 Å². The van der Waals surface area contributed by atoms with Gasteiger partial charge in [-0.1, -0.05) is 49.9 Å². The monoisotopic (exact) mass is 574 g/mol. The highest BCUT2D eigenvalue weighted by Gasteiger charge is 2.27. The Morgan fingerprint density at radius 2 is 1.71 bits per heavy atom. The number of nitriles is 1. The SMILES string of the molecule is CC(C)NCCNC(=O)CN(CC(=O)N(C)N1Cc2ccccc2C1)c1cc(C#N)ccc1Sc1ccc(F)cc1. The fourth-order valence-electron chi connectivity index (χ4n) is 4.52. The first-order chi connectivity index (χ1) is 19.7. The van der Waals surface area contributed by atoms with Gasteiger partial charge in [-0.3, -0.25) is 14.6 Å². The molecule has 8 nitrogen and oxygen atoms in total. The molecule has 1 aliphatic heterocycles. The Hall–Kier alpha value is -3.91. The van der Waals surface area contributed by atoms with Crippen molar-refractivity contribution < 1.29 is 14.0 Å². The lowest BCUT2D eigenvalue weighted by Gasteiger charge is -2.32. The van der Waals surface area contributed by atoms with Gasteiger partial charge in [-0.25, -0.2) is 9.40 Å². The third-order valence-corrected chi connectivity index (χ3v) is 7.81. The third-order valence-electron chi connectivity index (χ3n) is 6.74. The molecule has 0 radical (unpaired) electrons. The highest BCUT2D eigenvalue weighted by Crippen LogP contribution is 2.36. The molecule has 3 aromatic carbocycles. The highest BCUT2D eigenvalue weighted by molar-refractivity contribution is 7.99. The van der Waals surface area contributed by atoms with Gasteiger partial charge in [0.2, 0.25) is 5.91 Å². The maximum atomic E-state index is 13.6. The van der Waals surface area contributed by atoms with Crippen molar-refractivity contribution in [3.63, 3.8) is 0 Å². The zero-order valence-electron chi connectivity index (χ0n) is 23.6. The molecular formula is C31H35FN6O2S. The van der Waals surface area contributed by atoms with E-state index < -0.39 is 0 Å². The summed E-state index contributed by atoms with van der Waals surface area (Å²) in [6.07, 6.45) is 0. The van der Waals surface area contributed by atoms with Gasteiger partial charge in [0.1, 0.15) is 5.82 Å². The zero-order valence-corrected chi connectivity index (χ0v) is 24.4. The average molecular weight is 575 g/mol. The fourth-order valence-corrected chi connectivity index (χ4v) is 5.47. The minimum atomic E-state index is -0.336. The first-order valence-electron chi connectivity index (χ1n) is 13.5. The Labute approximate surface area is 245 Å². The number of halogens is 1. The van der Waals surface area contributed by atoms with Gasteiger partial charge in [0.05, 0.1) is 30.4 Å². The summed E-state index contributed by atoms with van der Waals surface area (Å²) in [4.78, 5) is 29.9. The number of benzene rings is 3. The van der Waals surface area contributed by atoms with Crippen LogP contribution in [0.15, 0.2) is 76.5 Å². The lowest BCUT2D eigenvalue weighted by Crippen LogP contribution is -2.48. The fraction of sp³-hybridized carbons (Fsp3) is 0.323. The van der Waals surface area contributed by atoms with Crippen LogP contribution in [0.1, 0.15) is 30.5 Å². The molecule has 0 aromatic heterocycles. The van der Waals surface area contributed by atoms with Gasteiger partial charge >= 0.3 is 0 Å². The molecular weight excluding hydrogens is 539 g/mol. The molecule has 0 saturated carbocycles. The van der Waals surface area contributed by atoms with Crippen molar-refractivity contribution in [2.24, 2.45) is 0 Å². The molecule has 0 saturated heterocycles. The summed E-state index contributed by atoms with van der Waals surface area (Å²) in [5.74, 6) is -0.760. The van der Waals surface area contributed by atoms with Crippen molar-refractivity contribution in [1.82, 2.24) is 20.7 Å². The molecule has 1 aliphatic rings. The van der Waals surface area contributed by atoms with Crippen LogP contribution in [0.4, 0.5) is 10.1 Å². The standard InChI is InChI=1S/C31H35FN6O2S/c1-22(2)34-14-15-35-30(39)20-37(21-31(40)36(3)38-18-24-6-4-5-7-25(24)19-38)28-16-23(17-33)8-13-29(28)41-27-11-9-26(32)10-12-27/h4-13,16,22,34H,14-15,18-21H2,1-3H3,(H,35,39). The number of likely N-dealkylation sites (N-methyl/N-ethyl adjacent to an activating group) is 1. The van der Waals surface area contributed by atoms with E-state index in [0.717, 1.165) is 9.79 Å². The number of hydrogen-bond acceptors (Lipinski definition) is 7. The predicted octanol–water partition coefficient (Wildman–Crippen LogP) is 4.16. The lowest BCUT2D eigenvalue weighted by molar-refractivity contribution is -0.145. The molecule has 0 atom stereocenters. The molecule has 0 unspecified atom stereocenters. The number of fused-ring (bicyclic) bond motifs is 1. The number of anilines is 1. The molecule has 0 bridgehead atoms. The van der Waals surface area contributed by atoms with Crippen LogP contribution in [0.25, 0.3) is 0 Å². The van der Waals surface area contributed by atoms with Crippen LogP contribution in [0.2, 0.25) is 0 Å². The molecule has 4 rings (SSSR count). The Balaban J connectivity index is 1.57. The van der Waals surface area contributed by atoms with Crippen LogP contribution in [-0.2, 0) is 22.7 Å². The van der Waals surface area contributed by atoms with E-state index in [0.29, 0.717) is 43.5 Å². The van der Waals surface area contributed by atoms with Crippen molar-refractivity contribution in [2.45, 2.75) is 42.8 Å². The number of hydrogen-bond donors (Lipinski definition) is 2. The van der Waals surface area contributed by atoms with Crippen molar-refractivity contribution in [3.05, 3.63) is 89.2 Å². The Bertz CT molecular complexity index is 1380. The van der Waals surface area contributed by atoms with Crippen molar-refractivity contribution in [2.75, 3.05) is 38.1 Å². The molecule has 1 heterocycles. The van der Waals surface area contributed by atoms with E-state index in [2.05, 4.69) is 28.8 Å². The van der Waals surface area contributed by atoms with Gasteiger partial charge in [0.25, 0.3) is 5.91 Å².